The van der Waals surface area contributed by atoms with Crippen LogP contribution in [0.3, 0.4) is 0 Å². The zero-order chi connectivity index (χ0) is 21.1. The zero-order valence-electron chi connectivity index (χ0n) is 16.7. The van der Waals surface area contributed by atoms with Crippen molar-refractivity contribution >= 4 is 39.0 Å². The number of benzene rings is 4. The predicted molar refractivity (Wildman–Crippen MR) is 122 cm³/mol. The van der Waals surface area contributed by atoms with Gasteiger partial charge in [-0.3, -0.25) is 4.79 Å². The van der Waals surface area contributed by atoms with E-state index in [1.165, 1.54) is 11.8 Å². The van der Waals surface area contributed by atoms with Crippen LogP contribution in [0.25, 0.3) is 10.8 Å². The highest BCUT2D eigenvalue weighted by Gasteiger charge is 2.12. The van der Waals surface area contributed by atoms with E-state index in [2.05, 4.69) is 10.2 Å². The number of carbonyl (C=O) groups is 1. The van der Waals surface area contributed by atoms with E-state index in [4.69, 9.17) is 0 Å². The van der Waals surface area contributed by atoms with Gasteiger partial charge in [0, 0.05) is 15.8 Å². The van der Waals surface area contributed by atoms with E-state index in [1.807, 2.05) is 74.5 Å². The lowest BCUT2D eigenvalue weighted by molar-refractivity contribution is 0.108. The van der Waals surface area contributed by atoms with Crippen molar-refractivity contribution in [3.05, 3.63) is 95.6 Å². The largest absolute Gasteiger partial charge is 0.507 e. The van der Waals surface area contributed by atoms with Crippen LogP contribution in [0.4, 0.5) is 11.4 Å². The van der Waals surface area contributed by atoms with Crippen molar-refractivity contribution in [2.24, 2.45) is 10.2 Å². The highest BCUT2D eigenvalue weighted by molar-refractivity contribution is 8.14. The van der Waals surface area contributed by atoms with Crippen LogP contribution in [0.15, 0.2) is 94.0 Å². The number of hydrogen-bond donors (Lipinski definition) is 1. The molecule has 0 aliphatic heterocycles. The van der Waals surface area contributed by atoms with Crippen LogP contribution in [0, 0.1) is 13.8 Å². The summed E-state index contributed by atoms with van der Waals surface area (Å²) in [5.74, 6) is 0.268. The quantitative estimate of drug-likeness (QED) is 0.279. The monoisotopic (exact) mass is 412 g/mol. The van der Waals surface area contributed by atoms with E-state index < -0.39 is 0 Å². The molecule has 0 spiro atoms. The van der Waals surface area contributed by atoms with Crippen LogP contribution in [0.2, 0.25) is 0 Å². The summed E-state index contributed by atoms with van der Waals surface area (Å²) in [5, 5.41) is 20.6. The van der Waals surface area contributed by atoms with Crippen molar-refractivity contribution in [2.75, 3.05) is 0 Å². The van der Waals surface area contributed by atoms with Gasteiger partial charge in [0.1, 0.15) is 5.75 Å². The molecule has 0 aliphatic carbocycles. The Morgan fingerprint density at radius 1 is 0.833 bits per heavy atom. The average Bonchev–Trinajstić information content (AvgIpc) is 2.76. The maximum absolute atomic E-state index is 12.9. The number of aryl methyl sites for hydroxylation is 2. The molecular formula is C25H20N2O2S. The average molecular weight is 413 g/mol. The lowest BCUT2D eigenvalue weighted by atomic mass is 10.1. The molecule has 4 rings (SSSR count). The Labute approximate surface area is 179 Å². The maximum Gasteiger partial charge on any atom is 0.224 e. The van der Waals surface area contributed by atoms with Gasteiger partial charge in [-0.25, -0.2) is 0 Å². The number of fused-ring (bicyclic) bond motifs is 1. The highest BCUT2D eigenvalue weighted by atomic mass is 32.2. The second-order valence-electron chi connectivity index (χ2n) is 7.05. The Kier molecular flexibility index (Phi) is 5.63. The molecule has 0 aromatic heterocycles. The minimum absolute atomic E-state index is 0.0419. The van der Waals surface area contributed by atoms with Gasteiger partial charge in [-0.2, -0.15) is 5.11 Å². The summed E-state index contributed by atoms with van der Waals surface area (Å²) in [6, 6.07) is 24.6. The third kappa shape index (κ3) is 4.26. The second kappa shape index (κ2) is 8.51. The first-order valence-electron chi connectivity index (χ1n) is 9.53. The van der Waals surface area contributed by atoms with Crippen LogP contribution in [-0.4, -0.2) is 10.2 Å². The molecule has 0 unspecified atom stereocenters. The maximum atomic E-state index is 12.9. The normalized spacial score (nSPS) is 11.3. The van der Waals surface area contributed by atoms with Crippen molar-refractivity contribution < 1.29 is 9.90 Å². The Balaban J connectivity index is 1.73. The summed E-state index contributed by atoms with van der Waals surface area (Å²) in [7, 11) is 0. The number of thioether (sulfide) groups is 1. The summed E-state index contributed by atoms with van der Waals surface area (Å²) in [6.07, 6.45) is 0. The smallest absolute Gasteiger partial charge is 0.224 e. The summed E-state index contributed by atoms with van der Waals surface area (Å²) in [5.41, 5.74) is 3.36. The van der Waals surface area contributed by atoms with Gasteiger partial charge in [0.15, 0.2) is 0 Å². The predicted octanol–water partition coefficient (Wildman–Crippen LogP) is 7.51. The van der Waals surface area contributed by atoms with Crippen molar-refractivity contribution in [3.8, 4) is 5.75 Å². The number of phenolic OH excluding ortho intramolecular Hbond substituents is 1. The van der Waals surface area contributed by atoms with Gasteiger partial charge in [-0.1, -0.05) is 42.5 Å². The third-order valence-corrected chi connectivity index (χ3v) is 5.71. The number of rotatable bonds is 4. The van der Waals surface area contributed by atoms with Gasteiger partial charge in [-0.05, 0) is 78.5 Å². The first kappa shape index (κ1) is 19.9. The Bertz CT molecular complexity index is 1240. The molecule has 0 radical (unpaired) electrons. The van der Waals surface area contributed by atoms with E-state index in [0.29, 0.717) is 16.9 Å². The summed E-state index contributed by atoms with van der Waals surface area (Å²) in [4.78, 5) is 13.8. The fraction of sp³-hybridized carbons (Fsp3) is 0.0800. The van der Waals surface area contributed by atoms with Crippen LogP contribution < -0.4 is 0 Å². The molecule has 0 amide bonds. The number of hydrogen-bond acceptors (Lipinski definition) is 5. The summed E-state index contributed by atoms with van der Waals surface area (Å²) < 4.78 is 0. The van der Waals surface area contributed by atoms with Crippen molar-refractivity contribution in [1.82, 2.24) is 0 Å². The molecule has 148 valence electrons. The molecule has 0 atom stereocenters. The SMILES string of the molecule is Cc1cc(/N=N/c2cc(C(=O)Sc3ccccc3)cc3ccccc23)cc(C)c1O. The summed E-state index contributed by atoms with van der Waals surface area (Å²) >= 11 is 1.19. The molecular weight excluding hydrogens is 392 g/mol. The first-order valence-corrected chi connectivity index (χ1v) is 10.3. The topological polar surface area (TPSA) is 62.0 Å². The molecule has 0 bridgehead atoms. The number of phenols is 1. The standard InChI is InChI=1S/C25H20N2O2S/c1-16-12-20(13-17(2)24(16)28)26-27-23-15-19(14-18-8-6-7-11-22(18)23)25(29)30-21-9-4-3-5-10-21/h3-15,28H,1-2H3/b27-26+. The van der Waals surface area contributed by atoms with Gasteiger partial charge in [0.2, 0.25) is 5.12 Å². The molecule has 1 N–H and O–H groups in total. The molecule has 0 heterocycles. The number of carbonyl (C=O) groups excluding carboxylic acids is 1. The Morgan fingerprint density at radius 3 is 2.23 bits per heavy atom. The fourth-order valence-corrected chi connectivity index (χ4v) is 3.99. The Hall–Kier alpha value is -3.44. The third-order valence-electron chi connectivity index (χ3n) is 4.78. The molecule has 4 nitrogen and oxygen atoms in total. The molecule has 0 saturated carbocycles. The van der Waals surface area contributed by atoms with Crippen molar-refractivity contribution in [1.29, 1.82) is 0 Å². The number of aromatic hydroxyl groups is 1. The van der Waals surface area contributed by atoms with Crippen LogP contribution in [0.1, 0.15) is 21.5 Å². The van der Waals surface area contributed by atoms with E-state index >= 15 is 0 Å². The van der Waals surface area contributed by atoms with Crippen molar-refractivity contribution in [3.63, 3.8) is 0 Å². The Morgan fingerprint density at radius 2 is 1.50 bits per heavy atom. The molecule has 0 aliphatic rings. The minimum atomic E-state index is -0.0419. The molecule has 4 aromatic carbocycles. The van der Waals surface area contributed by atoms with Crippen LogP contribution >= 0.6 is 11.8 Å². The van der Waals surface area contributed by atoms with Gasteiger partial charge < -0.3 is 5.11 Å². The van der Waals surface area contributed by atoms with Crippen LogP contribution in [0.5, 0.6) is 5.75 Å². The van der Waals surface area contributed by atoms with Gasteiger partial charge in [-0.15, -0.1) is 5.11 Å². The zero-order valence-corrected chi connectivity index (χ0v) is 17.5. The van der Waals surface area contributed by atoms with Crippen LogP contribution in [-0.2, 0) is 0 Å². The number of azo groups is 1. The van der Waals surface area contributed by atoms with Gasteiger partial charge >= 0.3 is 0 Å². The second-order valence-corrected chi connectivity index (χ2v) is 8.09. The lowest BCUT2D eigenvalue weighted by Gasteiger charge is -2.07. The molecule has 30 heavy (non-hydrogen) atoms. The van der Waals surface area contributed by atoms with E-state index in [9.17, 15) is 9.90 Å². The van der Waals surface area contributed by atoms with Gasteiger partial charge in [0.25, 0.3) is 0 Å². The first-order chi connectivity index (χ1) is 14.5. The highest BCUT2D eigenvalue weighted by Crippen LogP contribution is 2.33. The van der Waals surface area contributed by atoms with E-state index in [-0.39, 0.29) is 10.9 Å². The fourth-order valence-electron chi connectivity index (χ4n) is 3.25. The van der Waals surface area contributed by atoms with E-state index in [0.717, 1.165) is 26.8 Å². The summed E-state index contributed by atoms with van der Waals surface area (Å²) in [6.45, 7) is 3.66. The molecule has 5 heteroatoms. The molecule has 0 fully saturated rings. The minimum Gasteiger partial charge on any atom is -0.507 e. The molecule has 4 aromatic rings. The van der Waals surface area contributed by atoms with Crippen molar-refractivity contribution in [2.45, 2.75) is 18.7 Å². The van der Waals surface area contributed by atoms with Gasteiger partial charge in [0.05, 0.1) is 11.4 Å². The van der Waals surface area contributed by atoms with E-state index in [1.54, 1.807) is 18.2 Å². The lowest BCUT2D eigenvalue weighted by Crippen LogP contribution is -1.93. The number of nitrogens with zero attached hydrogens (tertiary/aromatic N) is 2. The molecule has 0 saturated heterocycles.